The van der Waals surface area contributed by atoms with Crippen molar-refractivity contribution < 1.29 is 35.8 Å². The Kier molecular flexibility index (Phi) is 7.18. The quantitative estimate of drug-likeness (QED) is 0.294. The molecule has 4 aromatic rings. The first kappa shape index (κ1) is 24.8. The standard InChI is InChI=1S/C22H25N2O10P/c1-13-18(32-21(25)30-13)11-28-35(27,29-12-19-14(2)31-22(26)33-19)34-17-7-5-6-16-20(17)15(10-23-16)8-9-24(3)4/h5-7,10,23H,8-9,11-12H2,1-4H3. The van der Waals surface area contributed by atoms with Gasteiger partial charge < -0.3 is 32.1 Å². The van der Waals surface area contributed by atoms with Gasteiger partial charge in [0.2, 0.25) is 0 Å². The molecule has 0 fully saturated rings. The summed E-state index contributed by atoms with van der Waals surface area (Å²) in [6.07, 6.45) is 2.57. The van der Waals surface area contributed by atoms with Crippen LogP contribution in [-0.4, -0.2) is 30.5 Å². The summed E-state index contributed by atoms with van der Waals surface area (Å²) in [5.74, 6) is -1.20. The van der Waals surface area contributed by atoms with Crippen LogP contribution < -0.4 is 16.2 Å². The third-order valence-corrected chi connectivity index (χ3v) is 6.48. The Labute approximate surface area is 199 Å². The van der Waals surface area contributed by atoms with Crippen LogP contribution in [0.25, 0.3) is 10.9 Å². The molecule has 0 bridgehead atoms. The number of phosphoric ester groups is 1. The fourth-order valence-corrected chi connectivity index (χ4v) is 4.46. The average molecular weight is 508 g/mol. The molecule has 13 heteroatoms. The molecule has 0 unspecified atom stereocenters. The molecule has 35 heavy (non-hydrogen) atoms. The van der Waals surface area contributed by atoms with Crippen molar-refractivity contribution in [1.82, 2.24) is 9.88 Å². The number of likely N-dealkylation sites (N-methyl/N-ethyl adjacent to an activating group) is 1. The van der Waals surface area contributed by atoms with E-state index in [-0.39, 0.29) is 28.8 Å². The molecule has 0 saturated carbocycles. The first-order chi connectivity index (χ1) is 16.6. The van der Waals surface area contributed by atoms with Crippen molar-refractivity contribution in [2.24, 2.45) is 0 Å². The van der Waals surface area contributed by atoms with Gasteiger partial charge in [-0.1, -0.05) is 6.07 Å². The number of aromatic nitrogens is 1. The molecule has 0 aliphatic heterocycles. The second-order valence-electron chi connectivity index (χ2n) is 8.00. The van der Waals surface area contributed by atoms with Crippen LogP contribution in [0.15, 0.2) is 51.7 Å². The SMILES string of the molecule is Cc1oc(=O)oc1COP(=O)(OCc1oc(=O)oc1C)Oc1cccc2[nH]cc(CCN(C)C)c12. The summed E-state index contributed by atoms with van der Waals surface area (Å²) in [5, 5.41) is 0.721. The van der Waals surface area contributed by atoms with E-state index in [2.05, 4.69) is 4.98 Å². The third kappa shape index (κ3) is 5.85. The molecule has 0 atom stereocenters. The van der Waals surface area contributed by atoms with Gasteiger partial charge >= 0.3 is 19.5 Å². The van der Waals surface area contributed by atoms with Crippen molar-refractivity contribution in [2.45, 2.75) is 33.5 Å². The minimum atomic E-state index is -4.36. The van der Waals surface area contributed by atoms with E-state index in [1.54, 1.807) is 12.1 Å². The monoisotopic (exact) mass is 508 g/mol. The molecule has 12 nitrogen and oxygen atoms in total. The van der Waals surface area contributed by atoms with Gasteiger partial charge in [-0.2, -0.15) is 0 Å². The number of nitrogens with zero attached hydrogens (tertiary/aromatic N) is 1. The van der Waals surface area contributed by atoms with E-state index in [0.29, 0.717) is 6.42 Å². The summed E-state index contributed by atoms with van der Waals surface area (Å²) < 4.78 is 50.0. The van der Waals surface area contributed by atoms with Crippen LogP contribution in [0.2, 0.25) is 0 Å². The molecule has 0 spiro atoms. The second-order valence-corrected chi connectivity index (χ2v) is 9.59. The molecule has 188 valence electrons. The number of benzene rings is 1. The molecule has 4 rings (SSSR count). The first-order valence-corrected chi connectivity index (χ1v) is 12.1. The van der Waals surface area contributed by atoms with Crippen LogP contribution in [0.1, 0.15) is 28.6 Å². The normalized spacial score (nSPS) is 12.1. The molecular weight excluding hydrogens is 483 g/mol. The lowest BCUT2D eigenvalue weighted by atomic mass is 10.1. The Morgan fingerprint density at radius 2 is 1.54 bits per heavy atom. The molecule has 3 heterocycles. The van der Waals surface area contributed by atoms with Crippen molar-refractivity contribution in [3.63, 3.8) is 0 Å². The van der Waals surface area contributed by atoms with Gasteiger partial charge in [-0.3, -0.25) is 9.05 Å². The number of fused-ring (bicyclic) bond motifs is 1. The number of hydrogen-bond donors (Lipinski definition) is 1. The third-order valence-electron chi connectivity index (χ3n) is 5.17. The highest BCUT2D eigenvalue weighted by Gasteiger charge is 2.32. The molecular formula is C22H25N2O10P. The van der Waals surface area contributed by atoms with Gasteiger partial charge in [0.25, 0.3) is 0 Å². The maximum atomic E-state index is 13.7. The molecule has 0 radical (unpaired) electrons. The highest BCUT2D eigenvalue weighted by atomic mass is 31.2. The van der Waals surface area contributed by atoms with Crippen molar-refractivity contribution in [1.29, 1.82) is 0 Å². The molecule has 0 saturated heterocycles. The van der Waals surface area contributed by atoms with Crippen molar-refractivity contribution >= 4 is 18.7 Å². The predicted octanol–water partition coefficient (Wildman–Crippen LogP) is 3.90. The Bertz CT molecular complexity index is 1410. The van der Waals surface area contributed by atoms with Gasteiger partial charge in [0, 0.05) is 23.6 Å². The Morgan fingerprint density at radius 3 is 2.06 bits per heavy atom. The minimum absolute atomic E-state index is 0.0278. The van der Waals surface area contributed by atoms with E-state index in [9.17, 15) is 14.2 Å². The highest BCUT2D eigenvalue weighted by molar-refractivity contribution is 7.48. The summed E-state index contributed by atoms with van der Waals surface area (Å²) in [5.41, 5.74) is 1.72. The maximum absolute atomic E-state index is 13.7. The summed E-state index contributed by atoms with van der Waals surface area (Å²) in [6, 6.07) is 5.23. The lowest BCUT2D eigenvalue weighted by Crippen LogP contribution is -2.14. The van der Waals surface area contributed by atoms with E-state index in [1.165, 1.54) is 13.8 Å². The number of phosphoric acid groups is 1. The molecule has 1 N–H and O–H groups in total. The Hall–Kier alpha value is -3.31. The van der Waals surface area contributed by atoms with Crippen LogP contribution in [0, 0.1) is 13.8 Å². The lowest BCUT2D eigenvalue weighted by Gasteiger charge is -2.19. The molecule has 1 aromatic carbocycles. The summed E-state index contributed by atoms with van der Waals surface area (Å²) >= 11 is 0. The fraction of sp³-hybridized carbons (Fsp3) is 0.364. The van der Waals surface area contributed by atoms with Gasteiger partial charge in [-0.05, 0) is 52.1 Å². The smallest absolute Gasteiger partial charge is 0.403 e. The summed E-state index contributed by atoms with van der Waals surface area (Å²) in [4.78, 5) is 27.9. The number of aromatic amines is 1. The van der Waals surface area contributed by atoms with E-state index >= 15 is 0 Å². The molecule has 3 aromatic heterocycles. The van der Waals surface area contributed by atoms with Crippen molar-refractivity contribution in [3.8, 4) is 5.75 Å². The number of aryl methyl sites for hydroxylation is 2. The van der Waals surface area contributed by atoms with Crippen LogP contribution in [0.4, 0.5) is 0 Å². The maximum Gasteiger partial charge on any atom is 0.530 e. The Morgan fingerprint density at radius 1 is 0.943 bits per heavy atom. The second kappa shape index (κ2) is 10.1. The number of rotatable bonds is 11. The zero-order valence-electron chi connectivity index (χ0n) is 19.6. The largest absolute Gasteiger partial charge is 0.530 e. The van der Waals surface area contributed by atoms with E-state index < -0.39 is 32.7 Å². The lowest BCUT2D eigenvalue weighted by molar-refractivity contribution is 0.127. The molecule has 0 aliphatic carbocycles. The predicted molar refractivity (Wildman–Crippen MR) is 122 cm³/mol. The van der Waals surface area contributed by atoms with Gasteiger partial charge in [-0.15, -0.1) is 0 Å². The number of hydrogen-bond acceptors (Lipinski definition) is 11. The summed E-state index contributed by atoms with van der Waals surface area (Å²) in [6.45, 7) is 2.91. The first-order valence-electron chi connectivity index (χ1n) is 10.6. The van der Waals surface area contributed by atoms with Crippen LogP contribution in [0.3, 0.4) is 0 Å². The van der Waals surface area contributed by atoms with Gasteiger partial charge in [-0.25, -0.2) is 14.2 Å². The average Bonchev–Trinajstić information content (AvgIpc) is 3.45. The molecule has 0 amide bonds. The van der Waals surface area contributed by atoms with Crippen LogP contribution in [0.5, 0.6) is 5.75 Å². The highest BCUT2D eigenvalue weighted by Crippen LogP contribution is 2.52. The topological polar surface area (TPSA) is 150 Å². The van der Waals surface area contributed by atoms with E-state index in [0.717, 1.165) is 23.0 Å². The van der Waals surface area contributed by atoms with Gasteiger partial charge in [0.1, 0.15) is 30.5 Å². The van der Waals surface area contributed by atoms with Gasteiger partial charge in [0.05, 0.1) is 0 Å². The van der Waals surface area contributed by atoms with Crippen molar-refractivity contribution in [3.05, 3.63) is 74.2 Å². The van der Waals surface area contributed by atoms with Crippen molar-refractivity contribution in [2.75, 3.05) is 20.6 Å². The zero-order valence-corrected chi connectivity index (χ0v) is 20.5. The minimum Gasteiger partial charge on any atom is -0.403 e. The van der Waals surface area contributed by atoms with Gasteiger partial charge in [0.15, 0.2) is 11.5 Å². The summed E-state index contributed by atoms with van der Waals surface area (Å²) in [7, 11) is -0.429. The fourth-order valence-electron chi connectivity index (χ4n) is 3.34. The zero-order chi connectivity index (χ0) is 25.2. The Balaban J connectivity index is 1.64. The number of H-pyrrole nitrogens is 1. The van der Waals surface area contributed by atoms with Crippen LogP contribution >= 0.6 is 7.82 Å². The van der Waals surface area contributed by atoms with E-state index in [1.807, 2.05) is 31.3 Å². The van der Waals surface area contributed by atoms with Crippen LogP contribution in [-0.2, 0) is 33.2 Å². The van der Waals surface area contributed by atoms with E-state index in [4.69, 9.17) is 31.2 Å². The number of nitrogens with one attached hydrogen (secondary N) is 1. The molecule has 0 aliphatic rings.